The lowest BCUT2D eigenvalue weighted by Gasteiger charge is -2.23. The van der Waals surface area contributed by atoms with Crippen molar-refractivity contribution in [1.82, 2.24) is 0 Å². The van der Waals surface area contributed by atoms with Gasteiger partial charge in [0.25, 0.3) is 0 Å². The molecule has 0 spiro atoms. The lowest BCUT2D eigenvalue weighted by atomic mass is 10.3. The van der Waals surface area contributed by atoms with Crippen LogP contribution in [0.25, 0.3) is 0 Å². The molecule has 0 heterocycles. The van der Waals surface area contributed by atoms with Crippen molar-refractivity contribution >= 4 is 22.5 Å². The summed E-state index contributed by atoms with van der Waals surface area (Å²) in [5.41, 5.74) is 0. The maximum atomic E-state index is 5.65. The average Bonchev–Trinajstić information content (AvgIpc) is 2.05. The Labute approximate surface area is 90.8 Å². The number of halogens is 1. The highest BCUT2D eigenvalue weighted by Crippen LogP contribution is 2.24. The fourth-order valence-corrected chi connectivity index (χ4v) is 5.32. The van der Waals surface area contributed by atoms with Crippen LogP contribution in [0.2, 0.25) is 6.04 Å². The minimum absolute atomic E-state index is 0.740. The molecule has 0 bridgehead atoms. The Morgan fingerprint density at radius 3 is 1.92 bits per heavy atom. The van der Waals surface area contributed by atoms with Gasteiger partial charge in [-0.05, 0) is 13.8 Å². The second-order valence-electron chi connectivity index (χ2n) is 2.98. The summed E-state index contributed by atoms with van der Waals surface area (Å²) in [6.45, 7) is 7.72. The summed E-state index contributed by atoms with van der Waals surface area (Å²) in [6, 6.07) is 1.06. The minimum Gasteiger partial charge on any atom is -0.387 e. The minimum atomic E-state index is -1.97. The molecule has 0 N–H and O–H groups in total. The molecule has 2 nitrogen and oxygen atoms in total. The van der Waals surface area contributed by atoms with Crippen LogP contribution < -0.4 is 0 Å². The summed E-state index contributed by atoms with van der Waals surface area (Å²) >= 11 is 3.63. The van der Waals surface area contributed by atoms with Crippen molar-refractivity contribution in [3.8, 4) is 0 Å². The molecule has 0 rings (SSSR count). The molecule has 0 aliphatic carbocycles. The zero-order valence-corrected chi connectivity index (χ0v) is 11.5. The van der Waals surface area contributed by atoms with Crippen molar-refractivity contribution in [2.24, 2.45) is 0 Å². The summed E-state index contributed by atoms with van der Waals surface area (Å²) in [6.07, 6.45) is 3.71. The molecule has 0 aliphatic heterocycles. The van der Waals surface area contributed by atoms with Crippen LogP contribution in [0.1, 0.15) is 40.0 Å². The summed E-state index contributed by atoms with van der Waals surface area (Å²) < 4.78 is 11.3. The molecule has 13 heavy (non-hydrogen) atoms. The number of hydrogen-bond acceptors (Lipinski definition) is 2. The van der Waals surface area contributed by atoms with Gasteiger partial charge < -0.3 is 8.85 Å². The molecule has 0 aliphatic rings. The van der Waals surface area contributed by atoms with E-state index < -0.39 is 7.18 Å². The van der Waals surface area contributed by atoms with Crippen molar-refractivity contribution in [2.75, 3.05) is 13.2 Å². The fourth-order valence-electron chi connectivity index (χ4n) is 1.20. The number of unbranched alkanes of at least 4 members (excludes halogenated alkanes) is 2. The third kappa shape index (κ3) is 6.66. The van der Waals surface area contributed by atoms with E-state index in [2.05, 4.69) is 22.2 Å². The van der Waals surface area contributed by atoms with Gasteiger partial charge in [0.2, 0.25) is 0 Å². The molecular formula is C9H21BrO2Si. The van der Waals surface area contributed by atoms with Crippen molar-refractivity contribution in [1.29, 1.82) is 0 Å². The third-order valence-corrected chi connectivity index (χ3v) is 6.75. The van der Waals surface area contributed by atoms with Crippen LogP contribution in [0.4, 0.5) is 0 Å². The topological polar surface area (TPSA) is 18.5 Å². The molecule has 80 valence electrons. The summed E-state index contributed by atoms with van der Waals surface area (Å²) in [5, 5.41) is 0. The maximum absolute atomic E-state index is 5.65. The van der Waals surface area contributed by atoms with E-state index in [0.717, 1.165) is 19.3 Å². The normalized spacial score (nSPS) is 12.0. The molecule has 0 amide bonds. The smallest absolute Gasteiger partial charge is 0.387 e. The molecule has 0 unspecified atom stereocenters. The molecule has 0 atom stereocenters. The molecular weight excluding hydrogens is 248 g/mol. The third-order valence-electron chi connectivity index (χ3n) is 1.80. The molecule has 0 saturated heterocycles. The van der Waals surface area contributed by atoms with Crippen LogP contribution in [0, 0.1) is 0 Å². The summed E-state index contributed by atoms with van der Waals surface area (Å²) in [7, 11) is -1.97. The van der Waals surface area contributed by atoms with Crippen molar-refractivity contribution in [3.05, 3.63) is 0 Å². The van der Waals surface area contributed by atoms with Gasteiger partial charge in [-0.25, -0.2) is 0 Å². The molecule has 0 fully saturated rings. The van der Waals surface area contributed by atoms with E-state index in [1.165, 1.54) is 19.3 Å². The van der Waals surface area contributed by atoms with E-state index in [4.69, 9.17) is 8.85 Å². The predicted molar refractivity (Wildman–Crippen MR) is 62.3 cm³/mol. The Balaban J connectivity index is 3.76. The van der Waals surface area contributed by atoms with E-state index in [1.807, 2.05) is 13.8 Å². The largest absolute Gasteiger partial charge is 0.414 e. The second kappa shape index (κ2) is 7.97. The Hall–Kier alpha value is 0.617. The van der Waals surface area contributed by atoms with E-state index in [1.54, 1.807) is 0 Å². The summed E-state index contributed by atoms with van der Waals surface area (Å²) in [4.78, 5) is 0. The van der Waals surface area contributed by atoms with Gasteiger partial charge in [0.05, 0.1) is 0 Å². The first-order chi connectivity index (χ1) is 6.18. The lowest BCUT2D eigenvalue weighted by molar-refractivity contribution is 0.206. The molecule has 0 aromatic rings. The first-order valence-corrected chi connectivity index (χ1v) is 9.43. The zero-order chi connectivity index (χ0) is 10.2. The quantitative estimate of drug-likeness (QED) is 0.381. The van der Waals surface area contributed by atoms with Gasteiger partial charge in [-0.1, -0.05) is 41.5 Å². The van der Waals surface area contributed by atoms with Crippen molar-refractivity contribution in [3.63, 3.8) is 0 Å². The van der Waals surface area contributed by atoms with E-state index >= 15 is 0 Å². The van der Waals surface area contributed by atoms with Crippen LogP contribution in [0.15, 0.2) is 0 Å². The number of rotatable bonds is 8. The predicted octanol–water partition coefficient (Wildman–Crippen LogP) is 3.58. The van der Waals surface area contributed by atoms with Gasteiger partial charge in [0, 0.05) is 19.3 Å². The highest BCUT2D eigenvalue weighted by Gasteiger charge is 2.32. The van der Waals surface area contributed by atoms with E-state index in [9.17, 15) is 0 Å². The Morgan fingerprint density at radius 1 is 1.00 bits per heavy atom. The van der Waals surface area contributed by atoms with E-state index in [-0.39, 0.29) is 0 Å². The van der Waals surface area contributed by atoms with Crippen LogP contribution in [0.5, 0.6) is 0 Å². The van der Waals surface area contributed by atoms with Crippen LogP contribution >= 0.6 is 15.3 Å². The lowest BCUT2D eigenvalue weighted by Crippen LogP contribution is -2.35. The highest BCUT2D eigenvalue weighted by atomic mass is 79.9. The van der Waals surface area contributed by atoms with Crippen LogP contribution in [0.3, 0.4) is 0 Å². The molecule has 0 aromatic heterocycles. The first kappa shape index (κ1) is 13.6. The Bertz CT molecular complexity index is 116. The van der Waals surface area contributed by atoms with Gasteiger partial charge in [0.1, 0.15) is 0 Å². The average molecular weight is 269 g/mol. The zero-order valence-electron chi connectivity index (χ0n) is 8.94. The Morgan fingerprint density at radius 2 is 1.54 bits per heavy atom. The second-order valence-corrected chi connectivity index (χ2v) is 9.00. The van der Waals surface area contributed by atoms with E-state index in [0.29, 0.717) is 0 Å². The molecule has 0 saturated carbocycles. The van der Waals surface area contributed by atoms with Gasteiger partial charge >= 0.3 is 7.18 Å². The van der Waals surface area contributed by atoms with Gasteiger partial charge in [-0.3, -0.25) is 0 Å². The fraction of sp³-hybridized carbons (Fsp3) is 1.00. The molecule has 0 aromatic carbocycles. The van der Waals surface area contributed by atoms with Gasteiger partial charge in [0.15, 0.2) is 0 Å². The van der Waals surface area contributed by atoms with Gasteiger partial charge in [-0.15, -0.1) is 0 Å². The van der Waals surface area contributed by atoms with Crippen molar-refractivity contribution < 1.29 is 8.85 Å². The van der Waals surface area contributed by atoms with Crippen LogP contribution in [-0.2, 0) is 8.85 Å². The Kier molecular flexibility index (Phi) is 8.35. The molecule has 4 heteroatoms. The SMILES string of the molecule is CCCCC[Si](Br)(OCC)OCC. The maximum Gasteiger partial charge on any atom is 0.414 e. The monoisotopic (exact) mass is 268 g/mol. The highest BCUT2D eigenvalue weighted by molar-refractivity contribution is 9.25. The molecule has 0 radical (unpaired) electrons. The number of hydrogen-bond donors (Lipinski definition) is 0. The standard InChI is InChI=1S/C9H21BrO2Si/c1-4-7-8-9-13(10,11-5-2)12-6-3/h4-9H2,1-3H3. The first-order valence-electron chi connectivity index (χ1n) is 5.15. The van der Waals surface area contributed by atoms with Gasteiger partial charge in [-0.2, -0.15) is 0 Å². The van der Waals surface area contributed by atoms with Crippen molar-refractivity contribution in [2.45, 2.75) is 46.1 Å². The van der Waals surface area contributed by atoms with Crippen LogP contribution in [-0.4, -0.2) is 20.4 Å². The summed E-state index contributed by atoms with van der Waals surface area (Å²) in [5.74, 6) is 0.